The SMILES string of the molecule is CCCC[C@]1([C@@H]2COC(C)(C)O2)CCCC(=O)O1. The third kappa shape index (κ3) is 2.86. The predicted molar refractivity (Wildman–Crippen MR) is 67.1 cm³/mol. The largest absolute Gasteiger partial charge is 0.456 e. The Balaban J connectivity index is 2.11. The van der Waals surface area contributed by atoms with Gasteiger partial charge in [-0.15, -0.1) is 0 Å². The average Bonchev–Trinajstić information content (AvgIpc) is 2.68. The standard InChI is InChI=1S/C14H24O4/c1-4-5-8-14(9-6-7-12(15)18-14)11-10-16-13(2,3)17-11/h11H,4-10H2,1-3H3/t11-,14+/m0/s1. The van der Waals surface area contributed by atoms with Crippen LogP contribution in [-0.4, -0.2) is 30.1 Å². The van der Waals surface area contributed by atoms with Crippen molar-refractivity contribution in [3.8, 4) is 0 Å². The molecule has 104 valence electrons. The third-order valence-corrected chi connectivity index (χ3v) is 3.85. The van der Waals surface area contributed by atoms with Gasteiger partial charge in [0.2, 0.25) is 0 Å². The molecule has 0 aromatic heterocycles. The number of unbranched alkanes of at least 4 members (excludes halogenated alkanes) is 1. The molecule has 0 bridgehead atoms. The van der Waals surface area contributed by atoms with E-state index in [1.807, 2.05) is 13.8 Å². The summed E-state index contributed by atoms with van der Waals surface area (Å²) in [4.78, 5) is 11.6. The molecule has 0 aromatic carbocycles. The van der Waals surface area contributed by atoms with Crippen LogP contribution < -0.4 is 0 Å². The summed E-state index contributed by atoms with van der Waals surface area (Å²) >= 11 is 0. The van der Waals surface area contributed by atoms with E-state index in [-0.39, 0.29) is 12.1 Å². The van der Waals surface area contributed by atoms with Crippen molar-refractivity contribution in [3.05, 3.63) is 0 Å². The monoisotopic (exact) mass is 256 g/mol. The molecule has 2 saturated heterocycles. The Morgan fingerprint density at radius 1 is 1.39 bits per heavy atom. The molecule has 0 unspecified atom stereocenters. The maximum atomic E-state index is 11.6. The number of rotatable bonds is 4. The average molecular weight is 256 g/mol. The molecule has 2 heterocycles. The summed E-state index contributed by atoms with van der Waals surface area (Å²) in [5.74, 6) is -0.654. The van der Waals surface area contributed by atoms with Crippen LogP contribution in [-0.2, 0) is 19.0 Å². The van der Waals surface area contributed by atoms with Crippen LogP contribution in [0.4, 0.5) is 0 Å². The molecule has 4 heteroatoms. The first-order valence-corrected chi connectivity index (χ1v) is 7.01. The summed E-state index contributed by atoms with van der Waals surface area (Å²) in [6.07, 6.45) is 5.21. The maximum Gasteiger partial charge on any atom is 0.306 e. The minimum absolute atomic E-state index is 0.0920. The first-order valence-electron chi connectivity index (χ1n) is 7.01. The van der Waals surface area contributed by atoms with E-state index in [9.17, 15) is 4.79 Å². The lowest BCUT2D eigenvalue weighted by Crippen LogP contribution is -2.50. The lowest BCUT2D eigenvalue weighted by molar-refractivity contribution is -0.203. The van der Waals surface area contributed by atoms with Crippen LogP contribution >= 0.6 is 0 Å². The second-order valence-corrected chi connectivity index (χ2v) is 5.81. The molecular formula is C14H24O4. The van der Waals surface area contributed by atoms with Crippen molar-refractivity contribution in [1.82, 2.24) is 0 Å². The van der Waals surface area contributed by atoms with Crippen LogP contribution in [0.25, 0.3) is 0 Å². The molecule has 4 nitrogen and oxygen atoms in total. The number of ether oxygens (including phenoxy) is 3. The van der Waals surface area contributed by atoms with E-state index in [1.54, 1.807) is 0 Å². The Hall–Kier alpha value is -0.610. The number of carbonyl (C=O) groups is 1. The molecule has 0 aromatic rings. The molecular weight excluding hydrogens is 232 g/mol. The summed E-state index contributed by atoms with van der Waals surface area (Å²) in [6.45, 7) is 6.48. The van der Waals surface area contributed by atoms with Crippen LogP contribution in [0.2, 0.25) is 0 Å². The smallest absolute Gasteiger partial charge is 0.306 e. The number of esters is 1. The van der Waals surface area contributed by atoms with Gasteiger partial charge >= 0.3 is 5.97 Å². The highest BCUT2D eigenvalue weighted by Crippen LogP contribution is 2.40. The van der Waals surface area contributed by atoms with Crippen LogP contribution in [0, 0.1) is 0 Å². The van der Waals surface area contributed by atoms with E-state index in [2.05, 4.69) is 6.92 Å². The molecule has 0 aliphatic carbocycles. The third-order valence-electron chi connectivity index (χ3n) is 3.85. The Kier molecular flexibility index (Phi) is 3.97. The highest BCUT2D eigenvalue weighted by Gasteiger charge is 2.50. The minimum atomic E-state index is -0.562. The number of carbonyl (C=O) groups excluding carboxylic acids is 1. The normalized spacial score (nSPS) is 35.5. The number of hydrogen-bond donors (Lipinski definition) is 0. The van der Waals surface area contributed by atoms with Gasteiger partial charge in [0.15, 0.2) is 5.79 Å². The van der Waals surface area contributed by atoms with E-state index in [1.165, 1.54) is 0 Å². The molecule has 2 aliphatic rings. The molecule has 0 N–H and O–H groups in total. The summed E-state index contributed by atoms with van der Waals surface area (Å²) < 4.78 is 17.3. The fourth-order valence-corrected chi connectivity index (χ4v) is 2.85. The van der Waals surface area contributed by atoms with Crippen molar-refractivity contribution < 1.29 is 19.0 Å². The van der Waals surface area contributed by atoms with Crippen LogP contribution in [0.3, 0.4) is 0 Å². The quantitative estimate of drug-likeness (QED) is 0.725. The van der Waals surface area contributed by atoms with Gasteiger partial charge < -0.3 is 14.2 Å². The van der Waals surface area contributed by atoms with Gasteiger partial charge in [0.1, 0.15) is 11.7 Å². The predicted octanol–water partition coefficient (Wildman–Crippen LogP) is 2.79. The van der Waals surface area contributed by atoms with Crippen molar-refractivity contribution in [2.24, 2.45) is 0 Å². The zero-order chi connectivity index (χ0) is 13.2. The lowest BCUT2D eigenvalue weighted by atomic mass is 9.83. The highest BCUT2D eigenvalue weighted by molar-refractivity contribution is 5.70. The summed E-state index contributed by atoms with van der Waals surface area (Å²) in [7, 11) is 0. The first kappa shape index (κ1) is 13.8. The van der Waals surface area contributed by atoms with E-state index in [0.29, 0.717) is 13.0 Å². The lowest BCUT2D eigenvalue weighted by Gasteiger charge is -2.40. The fourth-order valence-electron chi connectivity index (χ4n) is 2.85. The van der Waals surface area contributed by atoms with Gasteiger partial charge in [0.25, 0.3) is 0 Å². The molecule has 2 rings (SSSR count). The van der Waals surface area contributed by atoms with E-state index in [0.717, 1.165) is 32.1 Å². The molecule has 0 saturated carbocycles. The fraction of sp³-hybridized carbons (Fsp3) is 0.929. The van der Waals surface area contributed by atoms with Gasteiger partial charge in [-0.05, 0) is 39.5 Å². The second kappa shape index (κ2) is 5.17. The summed E-state index contributed by atoms with van der Waals surface area (Å²) in [6, 6.07) is 0. The summed E-state index contributed by atoms with van der Waals surface area (Å²) in [5.41, 5.74) is -0.459. The van der Waals surface area contributed by atoms with Gasteiger partial charge in [0.05, 0.1) is 6.61 Å². The van der Waals surface area contributed by atoms with Crippen LogP contribution in [0.15, 0.2) is 0 Å². The zero-order valence-electron chi connectivity index (χ0n) is 11.7. The molecule has 2 atom stereocenters. The molecule has 0 spiro atoms. The zero-order valence-corrected chi connectivity index (χ0v) is 11.7. The Morgan fingerprint density at radius 2 is 2.17 bits per heavy atom. The Labute approximate surface area is 109 Å². The molecule has 2 aliphatic heterocycles. The van der Waals surface area contributed by atoms with E-state index >= 15 is 0 Å². The highest BCUT2D eigenvalue weighted by atomic mass is 16.8. The van der Waals surface area contributed by atoms with Crippen molar-refractivity contribution in [2.75, 3.05) is 6.61 Å². The van der Waals surface area contributed by atoms with Gasteiger partial charge in [-0.2, -0.15) is 0 Å². The second-order valence-electron chi connectivity index (χ2n) is 5.81. The van der Waals surface area contributed by atoms with Crippen molar-refractivity contribution in [1.29, 1.82) is 0 Å². The van der Waals surface area contributed by atoms with Crippen LogP contribution in [0.5, 0.6) is 0 Å². The number of hydrogen-bond acceptors (Lipinski definition) is 4. The van der Waals surface area contributed by atoms with E-state index < -0.39 is 11.4 Å². The van der Waals surface area contributed by atoms with Crippen molar-refractivity contribution in [3.63, 3.8) is 0 Å². The van der Waals surface area contributed by atoms with Gasteiger partial charge in [-0.25, -0.2) is 0 Å². The minimum Gasteiger partial charge on any atom is -0.456 e. The van der Waals surface area contributed by atoms with Crippen LogP contribution in [0.1, 0.15) is 59.3 Å². The van der Waals surface area contributed by atoms with Gasteiger partial charge in [-0.3, -0.25) is 4.79 Å². The van der Waals surface area contributed by atoms with Gasteiger partial charge in [0, 0.05) is 6.42 Å². The summed E-state index contributed by atoms with van der Waals surface area (Å²) in [5, 5.41) is 0. The molecule has 0 radical (unpaired) electrons. The van der Waals surface area contributed by atoms with E-state index in [4.69, 9.17) is 14.2 Å². The molecule has 18 heavy (non-hydrogen) atoms. The number of cyclic esters (lactones) is 1. The van der Waals surface area contributed by atoms with Crippen molar-refractivity contribution in [2.45, 2.75) is 76.8 Å². The Morgan fingerprint density at radius 3 is 2.72 bits per heavy atom. The topological polar surface area (TPSA) is 44.8 Å². The molecule has 2 fully saturated rings. The maximum absolute atomic E-state index is 11.6. The van der Waals surface area contributed by atoms with Crippen molar-refractivity contribution >= 4 is 5.97 Å². The van der Waals surface area contributed by atoms with Gasteiger partial charge in [-0.1, -0.05) is 13.3 Å². The Bertz CT molecular complexity index is 313. The molecule has 0 amide bonds. The first-order chi connectivity index (χ1) is 8.47.